The highest BCUT2D eigenvalue weighted by atomic mass is 19.1. The van der Waals surface area contributed by atoms with Gasteiger partial charge in [0, 0.05) is 5.56 Å². The maximum atomic E-state index is 13.1. The molecule has 0 aliphatic heterocycles. The van der Waals surface area contributed by atoms with Gasteiger partial charge >= 0.3 is 0 Å². The summed E-state index contributed by atoms with van der Waals surface area (Å²) < 4.78 is 17.8. The van der Waals surface area contributed by atoms with Crippen molar-refractivity contribution in [2.75, 3.05) is 7.11 Å². The minimum atomic E-state index is -0.808. The number of phenolic OH excluding ortho intramolecular Hbond substituents is 1. The van der Waals surface area contributed by atoms with Crippen molar-refractivity contribution in [3.8, 4) is 11.5 Å². The number of methoxy groups -OCH3 is 1. The van der Waals surface area contributed by atoms with E-state index in [9.17, 15) is 9.50 Å². The fraction of sp³-hybridized carbons (Fsp3) is 0.250. The minimum Gasteiger partial charge on any atom is -0.504 e. The first kappa shape index (κ1) is 9.76. The molecule has 0 heterocycles. The first-order chi connectivity index (χ1) is 6.20. The topological polar surface area (TPSA) is 64.7 Å². The smallest absolute Gasteiger partial charge is 0.206 e. The lowest BCUT2D eigenvalue weighted by atomic mass is 10.2. The van der Waals surface area contributed by atoms with Gasteiger partial charge in [-0.05, 0) is 12.1 Å². The average molecular weight is 187 g/mol. The molecule has 4 nitrogen and oxygen atoms in total. The third kappa shape index (κ3) is 1.88. The summed E-state index contributed by atoms with van der Waals surface area (Å²) in [5, 5.41) is 9.25. The molecule has 0 saturated heterocycles. The average Bonchev–Trinajstić information content (AvgIpc) is 2.14. The van der Waals surface area contributed by atoms with Gasteiger partial charge < -0.3 is 9.84 Å². The first-order valence-corrected chi connectivity index (χ1v) is 3.56. The molecule has 1 rings (SSSR count). The molecule has 0 aliphatic carbocycles. The monoisotopic (exact) mass is 187 g/mol. The quantitative estimate of drug-likeness (QED) is 0.691. The first-order valence-electron chi connectivity index (χ1n) is 3.56. The number of halogens is 1. The maximum Gasteiger partial charge on any atom is 0.206 e. The summed E-state index contributed by atoms with van der Waals surface area (Å²) in [7, 11) is 1.32. The second-order valence-corrected chi connectivity index (χ2v) is 2.40. The normalized spacial score (nSPS) is 10.1. The van der Waals surface area contributed by atoms with Gasteiger partial charge in [0.2, 0.25) is 5.82 Å². The highest BCUT2D eigenvalue weighted by Crippen LogP contribution is 2.29. The number of aromatic hydroxyl groups is 1. The van der Waals surface area contributed by atoms with Crippen LogP contribution in [0.3, 0.4) is 0 Å². The zero-order valence-corrected chi connectivity index (χ0v) is 7.08. The second-order valence-electron chi connectivity index (χ2n) is 2.40. The second kappa shape index (κ2) is 4.06. The van der Waals surface area contributed by atoms with E-state index in [-0.39, 0.29) is 17.9 Å². The molecule has 0 amide bonds. The van der Waals surface area contributed by atoms with Crippen LogP contribution in [0.25, 0.3) is 0 Å². The third-order valence-corrected chi connectivity index (χ3v) is 1.62. The number of nitrogens with two attached hydrogens (primary N) is 1. The number of benzene rings is 1. The largest absolute Gasteiger partial charge is 0.504 e. The van der Waals surface area contributed by atoms with Crippen LogP contribution in [-0.4, -0.2) is 12.2 Å². The van der Waals surface area contributed by atoms with E-state index in [0.29, 0.717) is 0 Å². The molecule has 0 spiro atoms. The molecule has 72 valence electrons. The van der Waals surface area contributed by atoms with Gasteiger partial charge in [-0.1, -0.05) is 0 Å². The predicted molar refractivity (Wildman–Crippen MR) is 43.6 cm³/mol. The third-order valence-electron chi connectivity index (χ3n) is 1.62. The van der Waals surface area contributed by atoms with E-state index < -0.39 is 11.6 Å². The van der Waals surface area contributed by atoms with Crippen LogP contribution in [0, 0.1) is 5.82 Å². The van der Waals surface area contributed by atoms with E-state index in [1.54, 1.807) is 0 Å². The molecule has 0 bridgehead atoms. The van der Waals surface area contributed by atoms with Crippen LogP contribution in [0.15, 0.2) is 12.1 Å². The zero-order valence-electron chi connectivity index (χ0n) is 7.08. The van der Waals surface area contributed by atoms with Gasteiger partial charge in [-0.25, -0.2) is 5.90 Å². The van der Waals surface area contributed by atoms with Crippen LogP contribution in [0.5, 0.6) is 11.5 Å². The molecule has 1 aromatic carbocycles. The van der Waals surface area contributed by atoms with E-state index in [2.05, 4.69) is 9.57 Å². The van der Waals surface area contributed by atoms with E-state index >= 15 is 0 Å². The van der Waals surface area contributed by atoms with E-state index in [4.69, 9.17) is 5.90 Å². The number of rotatable bonds is 3. The fourth-order valence-electron chi connectivity index (χ4n) is 0.950. The van der Waals surface area contributed by atoms with Crippen molar-refractivity contribution in [3.05, 3.63) is 23.5 Å². The molecular formula is C8H10FNO3. The van der Waals surface area contributed by atoms with Crippen molar-refractivity contribution in [1.29, 1.82) is 0 Å². The van der Waals surface area contributed by atoms with Gasteiger partial charge in [0.1, 0.15) is 0 Å². The van der Waals surface area contributed by atoms with Crippen LogP contribution in [0.4, 0.5) is 4.39 Å². The highest BCUT2D eigenvalue weighted by Gasteiger charge is 2.12. The van der Waals surface area contributed by atoms with E-state index in [0.717, 1.165) is 0 Å². The molecular weight excluding hydrogens is 177 g/mol. The van der Waals surface area contributed by atoms with Crippen LogP contribution >= 0.6 is 0 Å². The van der Waals surface area contributed by atoms with Crippen molar-refractivity contribution in [3.63, 3.8) is 0 Å². The number of ether oxygens (including phenoxy) is 1. The lowest BCUT2D eigenvalue weighted by molar-refractivity contribution is 0.121. The Hall–Kier alpha value is -1.33. The van der Waals surface area contributed by atoms with Gasteiger partial charge in [0.05, 0.1) is 13.7 Å². The lowest BCUT2D eigenvalue weighted by Crippen LogP contribution is -2.00. The van der Waals surface area contributed by atoms with Crippen molar-refractivity contribution in [2.45, 2.75) is 6.61 Å². The molecule has 13 heavy (non-hydrogen) atoms. The Morgan fingerprint density at radius 2 is 2.23 bits per heavy atom. The summed E-state index contributed by atoms with van der Waals surface area (Å²) in [6.07, 6.45) is 0. The van der Waals surface area contributed by atoms with Gasteiger partial charge in [0.25, 0.3) is 0 Å². The summed E-state index contributed by atoms with van der Waals surface area (Å²) in [6, 6.07) is 2.87. The van der Waals surface area contributed by atoms with Crippen LogP contribution in [0.1, 0.15) is 5.56 Å². The summed E-state index contributed by atoms with van der Waals surface area (Å²) in [4.78, 5) is 4.27. The van der Waals surface area contributed by atoms with Crippen molar-refractivity contribution < 1.29 is 19.1 Å². The predicted octanol–water partition coefficient (Wildman–Crippen LogP) is 0.930. The summed E-state index contributed by atoms with van der Waals surface area (Å²) in [5.74, 6) is 3.47. The Morgan fingerprint density at radius 1 is 1.54 bits per heavy atom. The molecule has 0 atom stereocenters. The summed E-state index contributed by atoms with van der Waals surface area (Å²) in [5.41, 5.74) is 0.279. The van der Waals surface area contributed by atoms with Crippen molar-refractivity contribution >= 4 is 0 Å². The van der Waals surface area contributed by atoms with Crippen molar-refractivity contribution in [2.24, 2.45) is 5.90 Å². The molecule has 3 N–H and O–H groups in total. The molecule has 1 aromatic rings. The summed E-state index contributed by atoms with van der Waals surface area (Å²) in [6.45, 7) is -0.0489. The zero-order chi connectivity index (χ0) is 9.84. The molecule has 0 unspecified atom stereocenters. The van der Waals surface area contributed by atoms with Gasteiger partial charge in [-0.15, -0.1) is 0 Å². The Labute approximate surface area is 74.6 Å². The number of phenols is 1. The standard InChI is InChI=1S/C8H10FNO3/c1-12-6-3-2-5(4-13-10)8(11)7(6)9/h2-3,11H,4,10H2,1H3. The Morgan fingerprint density at radius 3 is 2.77 bits per heavy atom. The minimum absolute atomic E-state index is 0.0155. The molecule has 0 saturated carbocycles. The Bertz CT molecular complexity index is 304. The van der Waals surface area contributed by atoms with Gasteiger partial charge in [-0.3, -0.25) is 4.84 Å². The fourth-order valence-corrected chi connectivity index (χ4v) is 0.950. The maximum absolute atomic E-state index is 13.1. The van der Waals surface area contributed by atoms with Gasteiger partial charge in [-0.2, -0.15) is 4.39 Å². The van der Waals surface area contributed by atoms with Crippen LogP contribution in [0.2, 0.25) is 0 Å². The molecule has 0 fully saturated rings. The summed E-state index contributed by atoms with van der Waals surface area (Å²) >= 11 is 0. The Balaban J connectivity index is 3.07. The number of hydrogen-bond acceptors (Lipinski definition) is 4. The SMILES string of the molecule is COc1ccc(CON)c(O)c1F. The van der Waals surface area contributed by atoms with Crippen LogP contribution in [-0.2, 0) is 11.4 Å². The van der Waals surface area contributed by atoms with Crippen molar-refractivity contribution in [1.82, 2.24) is 0 Å². The molecule has 0 aliphatic rings. The van der Waals surface area contributed by atoms with E-state index in [1.165, 1.54) is 19.2 Å². The number of hydrogen-bond donors (Lipinski definition) is 2. The highest BCUT2D eigenvalue weighted by molar-refractivity contribution is 5.41. The lowest BCUT2D eigenvalue weighted by Gasteiger charge is -2.07. The molecule has 5 heteroatoms. The van der Waals surface area contributed by atoms with E-state index in [1.807, 2.05) is 0 Å². The van der Waals surface area contributed by atoms with Crippen LogP contribution < -0.4 is 10.6 Å². The Kier molecular flexibility index (Phi) is 3.05. The molecule has 0 radical (unpaired) electrons. The van der Waals surface area contributed by atoms with Gasteiger partial charge in [0.15, 0.2) is 11.5 Å². The molecule has 0 aromatic heterocycles.